The van der Waals surface area contributed by atoms with E-state index in [1.807, 2.05) is 59.5 Å². The summed E-state index contributed by atoms with van der Waals surface area (Å²) in [5, 5.41) is 0.966. The van der Waals surface area contributed by atoms with Crippen LogP contribution in [-0.4, -0.2) is 42.0 Å². The lowest BCUT2D eigenvalue weighted by Gasteiger charge is -2.17. The van der Waals surface area contributed by atoms with Gasteiger partial charge in [0.05, 0.1) is 12.6 Å². The van der Waals surface area contributed by atoms with Crippen molar-refractivity contribution in [2.45, 2.75) is 12.0 Å². The maximum atomic E-state index is 12.9. The van der Waals surface area contributed by atoms with Gasteiger partial charge in [-0.1, -0.05) is 18.2 Å². The Morgan fingerprint density at radius 1 is 1.15 bits per heavy atom. The van der Waals surface area contributed by atoms with Crippen LogP contribution in [0, 0.1) is 0 Å². The molecule has 4 rings (SSSR count). The third kappa shape index (κ3) is 3.02. The van der Waals surface area contributed by atoms with Gasteiger partial charge in [0.1, 0.15) is 5.75 Å². The van der Waals surface area contributed by atoms with E-state index in [1.165, 1.54) is 0 Å². The van der Waals surface area contributed by atoms with Gasteiger partial charge < -0.3 is 15.4 Å². The van der Waals surface area contributed by atoms with Crippen LogP contribution in [0.5, 0.6) is 5.75 Å². The molecule has 2 atom stereocenters. The number of nitrogens with two attached hydrogens (primary N) is 1. The number of amides is 1. The predicted molar refractivity (Wildman–Crippen MR) is 101 cm³/mol. The van der Waals surface area contributed by atoms with Crippen molar-refractivity contribution in [3.8, 4) is 5.75 Å². The first-order valence-corrected chi connectivity index (χ1v) is 8.69. The van der Waals surface area contributed by atoms with E-state index in [0.29, 0.717) is 18.7 Å². The molecule has 2 unspecified atom stereocenters. The Morgan fingerprint density at radius 3 is 2.73 bits per heavy atom. The molecule has 3 aromatic rings. The van der Waals surface area contributed by atoms with Crippen molar-refractivity contribution in [3.63, 3.8) is 0 Å². The van der Waals surface area contributed by atoms with Crippen LogP contribution in [0.4, 0.5) is 0 Å². The van der Waals surface area contributed by atoms with Crippen molar-refractivity contribution < 1.29 is 9.53 Å². The molecule has 26 heavy (non-hydrogen) atoms. The fraction of sp³-hybridized carbons (Fsp3) is 0.238. The third-order valence-electron chi connectivity index (χ3n) is 5.05. The van der Waals surface area contributed by atoms with Crippen molar-refractivity contribution in [3.05, 3.63) is 71.9 Å². The second kappa shape index (κ2) is 6.77. The molecule has 0 bridgehead atoms. The van der Waals surface area contributed by atoms with Crippen LogP contribution in [0.3, 0.4) is 0 Å². The standard InChI is InChI=1S/C21H21N3O2/c1-26-17-7-4-14(5-8-17)18-12-24(13-19(18)22)21(25)16-6-9-20-15(11-16)3-2-10-23-20/h2-11,18-19H,12-13,22H2,1H3. The average molecular weight is 347 g/mol. The Hall–Kier alpha value is -2.92. The number of hydrogen-bond acceptors (Lipinski definition) is 4. The molecule has 1 aliphatic heterocycles. The fourth-order valence-corrected chi connectivity index (χ4v) is 3.59. The van der Waals surface area contributed by atoms with E-state index in [4.69, 9.17) is 10.5 Å². The molecule has 1 fully saturated rings. The molecule has 2 N–H and O–H groups in total. The number of likely N-dealkylation sites (tertiary alicyclic amines) is 1. The zero-order chi connectivity index (χ0) is 18.1. The molecule has 0 aliphatic carbocycles. The molecule has 0 spiro atoms. The lowest BCUT2D eigenvalue weighted by Crippen LogP contribution is -2.32. The number of nitrogens with zero attached hydrogens (tertiary/aromatic N) is 2. The maximum absolute atomic E-state index is 12.9. The van der Waals surface area contributed by atoms with E-state index in [9.17, 15) is 4.79 Å². The van der Waals surface area contributed by atoms with Crippen LogP contribution in [0.2, 0.25) is 0 Å². The quantitative estimate of drug-likeness (QED) is 0.791. The molecule has 2 heterocycles. The Bertz CT molecular complexity index is 939. The van der Waals surface area contributed by atoms with Gasteiger partial charge in [0.15, 0.2) is 0 Å². The first kappa shape index (κ1) is 16.5. The highest BCUT2D eigenvalue weighted by atomic mass is 16.5. The first-order chi connectivity index (χ1) is 12.7. The number of pyridine rings is 1. The first-order valence-electron chi connectivity index (χ1n) is 8.69. The molecule has 1 amide bonds. The van der Waals surface area contributed by atoms with Gasteiger partial charge in [-0.2, -0.15) is 0 Å². The number of carbonyl (C=O) groups excluding carboxylic acids is 1. The molecular weight excluding hydrogens is 326 g/mol. The van der Waals surface area contributed by atoms with Crippen LogP contribution in [0.25, 0.3) is 10.9 Å². The van der Waals surface area contributed by atoms with Gasteiger partial charge in [-0.15, -0.1) is 0 Å². The summed E-state index contributed by atoms with van der Waals surface area (Å²) in [6.45, 7) is 1.18. The van der Waals surface area contributed by atoms with E-state index >= 15 is 0 Å². The number of hydrogen-bond donors (Lipinski definition) is 1. The van der Waals surface area contributed by atoms with E-state index in [2.05, 4.69) is 4.98 Å². The third-order valence-corrected chi connectivity index (χ3v) is 5.05. The summed E-state index contributed by atoms with van der Waals surface area (Å²) in [5.41, 5.74) is 9.04. The van der Waals surface area contributed by atoms with E-state index in [0.717, 1.165) is 22.2 Å². The van der Waals surface area contributed by atoms with Gasteiger partial charge in [0.2, 0.25) is 0 Å². The van der Waals surface area contributed by atoms with Gasteiger partial charge >= 0.3 is 0 Å². The molecule has 1 aliphatic rings. The molecule has 1 aromatic heterocycles. The zero-order valence-electron chi connectivity index (χ0n) is 14.6. The highest BCUT2D eigenvalue weighted by Gasteiger charge is 2.34. The second-order valence-corrected chi connectivity index (χ2v) is 6.66. The topological polar surface area (TPSA) is 68.5 Å². The fourth-order valence-electron chi connectivity index (χ4n) is 3.59. The van der Waals surface area contributed by atoms with Gasteiger partial charge in [0.25, 0.3) is 5.91 Å². The number of aromatic nitrogens is 1. The number of fused-ring (bicyclic) bond motifs is 1. The van der Waals surface area contributed by atoms with Crippen LogP contribution < -0.4 is 10.5 Å². The molecule has 5 heteroatoms. The Kier molecular flexibility index (Phi) is 4.31. The second-order valence-electron chi connectivity index (χ2n) is 6.66. The predicted octanol–water partition coefficient (Wildman–Crippen LogP) is 2.81. The molecular formula is C21H21N3O2. The maximum Gasteiger partial charge on any atom is 0.253 e. The Balaban J connectivity index is 1.54. The summed E-state index contributed by atoms with van der Waals surface area (Å²) < 4.78 is 5.21. The van der Waals surface area contributed by atoms with Crippen LogP contribution >= 0.6 is 0 Å². The average Bonchev–Trinajstić information content (AvgIpc) is 3.08. The van der Waals surface area contributed by atoms with E-state index in [-0.39, 0.29) is 17.9 Å². The molecule has 1 saturated heterocycles. The van der Waals surface area contributed by atoms with E-state index in [1.54, 1.807) is 13.3 Å². The minimum atomic E-state index is -0.0746. The lowest BCUT2D eigenvalue weighted by molar-refractivity contribution is 0.0789. The summed E-state index contributed by atoms with van der Waals surface area (Å²) in [7, 11) is 1.65. The number of ether oxygens (including phenoxy) is 1. The van der Waals surface area contributed by atoms with Crippen molar-refractivity contribution in [2.75, 3.05) is 20.2 Å². The van der Waals surface area contributed by atoms with Gasteiger partial charge in [-0.05, 0) is 42.0 Å². The summed E-state index contributed by atoms with van der Waals surface area (Å²) in [6.07, 6.45) is 1.75. The largest absolute Gasteiger partial charge is 0.497 e. The number of carbonyl (C=O) groups is 1. The minimum Gasteiger partial charge on any atom is -0.497 e. The normalized spacial score (nSPS) is 19.7. The van der Waals surface area contributed by atoms with Crippen molar-refractivity contribution >= 4 is 16.8 Å². The van der Waals surface area contributed by atoms with Crippen LogP contribution in [0.1, 0.15) is 21.8 Å². The number of methoxy groups -OCH3 is 1. The number of rotatable bonds is 3. The molecule has 132 valence electrons. The summed E-state index contributed by atoms with van der Waals surface area (Å²) in [6, 6.07) is 17.3. The highest BCUT2D eigenvalue weighted by Crippen LogP contribution is 2.29. The monoisotopic (exact) mass is 347 g/mol. The lowest BCUT2D eigenvalue weighted by atomic mass is 9.95. The Morgan fingerprint density at radius 2 is 1.96 bits per heavy atom. The van der Waals surface area contributed by atoms with Crippen molar-refractivity contribution in [1.82, 2.24) is 9.88 Å². The van der Waals surface area contributed by atoms with Gasteiger partial charge in [-0.3, -0.25) is 9.78 Å². The van der Waals surface area contributed by atoms with Crippen LogP contribution in [0.15, 0.2) is 60.8 Å². The Labute approximate surface area is 152 Å². The van der Waals surface area contributed by atoms with Crippen LogP contribution in [-0.2, 0) is 0 Å². The van der Waals surface area contributed by atoms with Gasteiger partial charge in [-0.25, -0.2) is 0 Å². The van der Waals surface area contributed by atoms with Crippen molar-refractivity contribution in [1.29, 1.82) is 0 Å². The zero-order valence-corrected chi connectivity index (χ0v) is 14.6. The molecule has 2 aromatic carbocycles. The summed E-state index contributed by atoms with van der Waals surface area (Å²) in [4.78, 5) is 19.1. The SMILES string of the molecule is COc1ccc(C2CN(C(=O)c3ccc4ncccc4c3)CC2N)cc1. The molecule has 0 saturated carbocycles. The smallest absolute Gasteiger partial charge is 0.253 e. The minimum absolute atomic E-state index is 0.0159. The highest BCUT2D eigenvalue weighted by molar-refractivity contribution is 5.98. The summed E-state index contributed by atoms with van der Waals surface area (Å²) >= 11 is 0. The molecule has 5 nitrogen and oxygen atoms in total. The van der Waals surface area contributed by atoms with Gasteiger partial charge in [0, 0.05) is 42.2 Å². The van der Waals surface area contributed by atoms with Crippen molar-refractivity contribution in [2.24, 2.45) is 5.73 Å². The summed E-state index contributed by atoms with van der Waals surface area (Å²) in [5.74, 6) is 0.965. The number of benzene rings is 2. The molecule has 0 radical (unpaired) electrons. The van der Waals surface area contributed by atoms with E-state index < -0.39 is 0 Å².